The van der Waals surface area contributed by atoms with E-state index in [1.807, 2.05) is 0 Å². The topological polar surface area (TPSA) is 95.5 Å². The van der Waals surface area contributed by atoms with Crippen LogP contribution in [0.3, 0.4) is 0 Å². The van der Waals surface area contributed by atoms with E-state index >= 15 is 0 Å². The molecule has 0 aromatic rings. The quantitative estimate of drug-likeness (QED) is 0.594. The van der Waals surface area contributed by atoms with E-state index in [0.717, 1.165) is 19.3 Å². The molecule has 0 aliphatic heterocycles. The van der Waals surface area contributed by atoms with Crippen LogP contribution in [0.5, 0.6) is 0 Å². The van der Waals surface area contributed by atoms with Crippen LogP contribution in [0, 0.1) is 5.41 Å². The van der Waals surface area contributed by atoms with E-state index in [1.165, 1.54) is 6.42 Å². The Bertz CT molecular complexity index is 359. The summed E-state index contributed by atoms with van der Waals surface area (Å²) in [5, 5.41) is 13.5. The number of hydrogen-bond acceptors (Lipinski definition) is 3. The average Bonchev–Trinajstić information content (AvgIpc) is 2.33. The van der Waals surface area contributed by atoms with Crippen LogP contribution in [0.4, 0.5) is 4.79 Å². The zero-order valence-electron chi connectivity index (χ0n) is 12.0. The molecule has 0 unspecified atom stereocenters. The van der Waals surface area contributed by atoms with Crippen LogP contribution in [0.2, 0.25) is 0 Å². The highest BCUT2D eigenvalue weighted by Gasteiger charge is 2.35. The lowest BCUT2D eigenvalue weighted by molar-refractivity contribution is -0.137. The van der Waals surface area contributed by atoms with E-state index in [4.69, 9.17) is 5.11 Å². The first kappa shape index (κ1) is 16.5. The van der Waals surface area contributed by atoms with E-state index in [1.54, 1.807) is 0 Å². The number of urea groups is 1. The molecule has 6 heteroatoms. The van der Waals surface area contributed by atoms with Gasteiger partial charge in [-0.3, -0.25) is 14.9 Å². The van der Waals surface area contributed by atoms with Crippen molar-refractivity contribution in [2.45, 2.75) is 58.3 Å². The Morgan fingerprint density at radius 3 is 2.30 bits per heavy atom. The van der Waals surface area contributed by atoms with Gasteiger partial charge in [-0.2, -0.15) is 0 Å². The molecule has 0 heterocycles. The van der Waals surface area contributed by atoms with Gasteiger partial charge in [0, 0.05) is 19.4 Å². The summed E-state index contributed by atoms with van der Waals surface area (Å²) in [5.41, 5.74) is 0.224. The first-order valence-electron chi connectivity index (χ1n) is 7.27. The van der Waals surface area contributed by atoms with Gasteiger partial charge >= 0.3 is 12.0 Å². The van der Waals surface area contributed by atoms with Crippen molar-refractivity contribution in [1.82, 2.24) is 10.6 Å². The zero-order chi connectivity index (χ0) is 15.0. The van der Waals surface area contributed by atoms with Crippen LogP contribution in [0.1, 0.15) is 58.3 Å². The van der Waals surface area contributed by atoms with Gasteiger partial charge < -0.3 is 10.4 Å². The highest BCUT2D eigenvalue weighted by atomic mass is 16.4. The summed E-state index contributed by atoms with van der Waals surface area (Å²) in [6.07, 6.45) is 5.67. The number of carboxylic acid groups (broad SMARTS) is 1. The molecule has 0 saturated heterocycles. The van der Waals surface area contributed by atoms with Crippen molar-refractivity contribution >= 4 is 17.9 Å². The molecule has 6 nitrogen and oxygen atoms in total. The molecule has 0 spiro atoms. The highest BCUT2D eigenvalue weighted by Crippen LogP contribution is 2.42. The van der Waals surface area contributed by atoms with Gasteiger partial charge in [0.15, 0.2) is 0 Å². The number of hydrogen-bond donors (Lipinski definition) is 3. The SMILES string of the molecule is CCC1(CNC(=O)NC(=O)CCCCC(=O)O)CCC1. The lowest BCUT2D eigenvalue weighted by atomic mass is 9.67. The van der Waals surface area contributed by atoms with Crippen LogP contribution in [0.15, 0.2) is 0 Å². The normalized spacial score (nSPS) is 16.1. The third kappa shape index (κ3) is 5.59. The van der Waals surface area contributed by atoms with Gasteiger partial charge in [-0.1, -0.05) is 13.3 Å². The summed E-state index contributed by atoms with van der Waals surface area (Å²) in [4.78, 5) is 33.3. The van der Waals surface area contributed by atoms with Crippen LogP contribution < -0.4 is 10.6 Å². The highest BCUT2D eigenvalue weighted by molar-refractivity contribution is 5.94. The maximum absolute atomic E-state index is 11.6. The summed E-state index contributed by atoms with van der Waals surface area (Å²) in [7, 11) is 0. The Hall–Kier alpha value is -1.59. The lowest BCUT2D eigenvalue weighted by Crippen LogP contribution is -2.46. The van der Waals surface area contributed by atoms with E-state index in [9.17, 15) is 14.4 Å². The van der Waals surface area contributed by atoms with E-state index < -0.39 is 12.0 Å². The van der Waals surface area contributed by atoms with Gasteiger partial charge in [-0.05, 0) is 37.5 Å². The molecule has 0 aromatic heterocycles. The Kier molecular flexibility index (Phi) is 6.48. The van der Waals surface area contributed by atoms with Gasteiger partial charge in [0.1, 0.15) is 0 Å². The van der Waals surface area contributed by atoms with E-state index in [2.05, 4.69) is 17.6 Å². The fourth-order valence-corrected chi connectivity index (χ4v) is 2.39. The predicted octanol–water partition coefficient (Wildman–Crippen LogP) is 2.04. The molecule has 0 bridgehead atoms. The van der Waals surface area contributed by atoms with E-state index in [0.29, 0.717) is 19.4 Å². The number of amides is 3. The van der Waals surface area contributed by atoms with Crippen molar-refractivity contribution in [1.29, 1.82) is 0 Å². The Labute approximate surface area is 119 Å². The Morgan fingerprint density at radius 2 is 1.80 bits per heavy atom. The predicted molar refractivity (Wildman–Crippen MR) is 74.2 cm³/mol. The summed E-state index contributed by atoms with van der Waals surface area (Å²) >= 11 is 0. The number of aliphatic carboxylic acids is 1. The molecule has 3 N–H and O–H groups in total. The standard InChI is InChI=1S/C14H24N2O4/c1-2-14(8-5-9-14)10-15-13(20)16-11(17)6-3-4-7-12(18)19/h2-10H2,1H3,(H,18,19)(H2,15,16,17,20). The number of rotatable bonds is 8. The molecule has 1 aliphatic carbocycles. The van der Waals surface area contributed by atoms with Crippen LogP contribution in [0.25, 0.3) is 0 Å². The van der Waals surface area contributed by atoms with Crippen molar-refractivity contribution in [2.75, 3.05) is 6.54 Å². The number of unbranched alkanes of at least 4 members (excludes halogenated alkanes) is 1. The summed E-state index contributed by atoms with van der Waals surface area (Å²) < 4.78 is 0. The third-order valence-corrected chi connectivity index (χ3v) is 4.09. The molecule has 1 aliphatic rings. The molecular formula is C14H24N2O4. The molecule has 0 atom stereocenters. The smallest absolute Gasteiger partial charge is 0.321 e. The third-order valence-electron chi connectivity index (χ3n) is 4.09. The molecule has 20 heavy (non-hydrogen) atoms. The first-order chi connectivity index (χ1) is 9.47. The summed E-state index contributed by atoms with van der Waals surface area (Å²) in [6, 6.07) is -0.451. The Balaban J connectivity index is 2.12. The van der Waals surface area contributed by atoms with Crippen molar-refractivity contribution in [3.05, 3.63) is 0 Å². The maximum Gasteiger partial charge on any atom is 0.321 e. The van der Waals surface area contributed by atoms with Crippen LogP contribution in [-0.2, 0) is 9.59 Å². The van der Waals surface area contributed by atoms with Crippen LogP contribution in [-0.4, -0.2) is 29.6 Å². The van der Waals surface area contributed by atoms with Gasteiger partial charge in [0.25, 0.3) is 0 Å². The minimum Gasteiger partial charge on any atom is -0.481 e. The van der Waals surface area contributed by atoms with Crippen molar-refractivity contribution < 1.29 is 19.5 Å². The van der Waals surface area contributed by atoms with Crippen molar-refractivity contribution in [3.63, 3.8) is 0 Å². The second-order valence-corrected chi connectivity index (χ2v) is 5.54. The second kappa shape index (κ2) is 7.87. The first-order valence-corrected chi connectivity index (χ1v) is 7.27. The fraction of sp³-hybridized carbons (Fsp3) is 0.786. The molecule has 0 aromatic carbocycles. The zero-order valence-corrected chi connectivity index (χ0v) is 12.0. The molecule has 1 fully saturated rings. The van der Waals surface area contributed by atoms with Crippen molar-refractivity contribution in [3.8, 4) is 0 Å². The van der Waals surface area contributed by atoms with Crippen LogP contribution >= 0.6 is 0 Å². The van der Waals surface area contributed by atoms with Gasteiger partial charge in [-0.15, -0.1) is 0 Å². The molecule has 114 valence electrons. The summed E-state index contributed by atoms with van der Waals surface area (Å²) in [6.45, 7) is 2.73. The number of carbonyl (C=O) groups is 3. The van der Waals surface area contributed by atoms with Gasteiger partial charge in [0.2, 0.25) is 5.91 Å². The molecule has 3 amide bonds. The molecular weight excluding hydrogens is 260 g/mol. The molecule has 1 rings (SSSR count). The minimum atomic E-state index is -0.867. The number of imide groups is 1. The molecule has 0 radical (unpaired) electrons. The maximum atomic E-state index is 11.6. The minimum absolute atomic E-state index is 0.0541. The lowest BCUT2D eigenvalue weighted by Gasteiger charge is -2.41. The molecule has 1 saturated carbocycles. The average molecular weight is 284 g/mol. The monoisotopic (exact) mass is 284 g/mol. The van der Waals surface area contributed by atoms with E-state index in [-0.39, 0.29) is 24.2 Å². The largest absolute Gasteiger partial charge is 0.481 e. The number of carboxylic acids is 1. The fourth-order valence-electron chi connectivity index (χ4n) is 2.39. The van der Waals surface area contributed by atoms with Gasteiger partial charge in [-0.25, -0.2) is 4.79 Å². The number of carbonyl (C=O) groups excluding carboxylic acids is 2. The van der Waals surface area contributed by atoms with Gasteiger partial charge in [0.05, 0.1) is 0 Å². The van der Waals surface area contributed by atoms with Crippen molar-refractivity contribution in [2.24, 2.45) is 5.41 Å². The Morgan fingerprint density at radius 1 is 1.15 bits per heavy atom. The number of nitrogens with one attached hydrogen (secondary N) is 2. The summed E-state index contributed by atoms with van der Waals surface area (Å²) in [5.74, 6) is -1.22. The second-order valence-electron chi connectivity index (χ2n) is 5.54.